The van der Waals surface area contributed by atoms with Gasteiger partial charge in [0.25, 0.3) is 11.5 Å². The maximum Gasteiger partial charge on any atom is 0.277 e. The van der Waals surface area contributed by atoms with Crippen LogP contribution >= 0.6 is 0 Å². The Bertz CT molecular complexity index is 1450. The number of hydrogen-bond acceptors (Lipinski definition) is 5. The van der Waals surface area contributed by atoms with Crippen molar-refractivity contribution in [2.24, 2.45) is 0 Å². The third-order valence-electron chi connectivity index (χ3n) is 5.93. The number of hydrogen-bond donors (Lipinski definition) is 0. The molecule has 8 heteroatoms. The first-order chi connectivity index (χ1) is 16.5. The lowest BCUT2D eigenvalue weighted by Gasteiger charge is -2.28. The number of nitrogens with zero attached hydrogens (tertiary/aromatic N) is 4. The number of fused-ring (bicyclic) bond motifs is 1. The molecule has 0 atom stereocenters. The molecule has 0 N–H and O–H groups in total. The molecular weight excluding hydrogens is 432 g/mol. The molecule has 0 saturated carbocycles. The van der Waals surface area contributed by atoms with Crippen LogP contribution in [-0.2, 0) is 6.42 Å². The number of methoxy groups -OCH3 is 1. The van der Waals surface area contributed by atoms with Crippen molar-refractivity contribution in [2.75, 3.05) is 18.6 Å². The lowest BCUT2D eigenvalue weighted by molar-refractivity contribution is 0.0972. The monoisotopic (exact) mass is 454 g/mol. The molecule has 0 aliphatic carbocycles. The zero-order chi connectivity index (χ0) is 23.8. The second-order valence-electron chi connectivity index (χ2n) is 7.97. The van der Waals surface area contributed by atoms with E-state index >= 15 is 0 Å². The first-order valence-corrected chi connectivity index (χ1v) is 10.8. The number of rotatable bonds is 5. The molecule has 0 radical (unpaired) electrons. The van der Waals surface area contributed by atoms with Gasteiger partial charge in [-0.25, -0.2) is 4.68 Å². The zero-order valence-electron chi connectivity index (χ0n) is 18.8. The minimum absolute atomic E-state index is 0.130. The second-order valence-corrected chi connectivity index (χ2v) is 7.97. The molecule has 0 fully saturated rings. The maximum atomic E-state index is 13.7. The zero-order valence-corrected chi connectivity index (χ0v) is 18.8. The van der Waals surface area contributed by atoms with Gasteiger partial charge in [-0.05, 0) is 61.0 Å². The van der Waals surface area contributed by atoms with E-state index in [2.05, 4.69) is 5.10 Å². The first kappa shape index (κ1) is 21.4. The van der Waals surface area contributed by atoms with E-state index in [0.717, 1.165) is 0 Å². The van der Waals surface area contributed by atoms with E-state index in [9.17, 15) is 14.4 Å². The summed E-state index contributed by atoms with van der Waals surface area (Å²) in [5.74, 6) is 0.270. The molecule has 0 bridgehead atoms. The lowest BCUT2D eigenvalue weighted by atomic mass is 10.0. The number of aromatic nitrogens is 3. The molecule has 1 aliphatic rings. The number of ketones is 1. The van der Waals surface area contributed by atoms with E-state index in [0.29, 0.717) is 52.7 Å². The van der Waals surface area contributed by atoms with Gasteiger partial charge in [0.15, 0.2) is 5.78 Å². The standard InChI is InChI=1S/C26H22N4O4/c1-17(31)24-22-14-16-29(19-8-6-18(7-9-19)28-15-4-3-5-23(28)32)26(33)25(22)30(27-24)20-10-12-21(34-2)13-11-20/h3-13,15H,14,16H2,1-2H3. The van der Waals surface area contributed by atoms with E-state index in [1.165, 1.54) is 22.2 Å². The van der Waals surface area contributed by atoms with Crippen LogP contribution in [0.15, 0.2) is 77.7 Å². The summed E-state index contributed by atoms with van der Waals surface area (Å²) in [7, 11) is 1.58. The van der Waals surface area contributed by atoms with Gasteiger partial charge in [-0.15, -0.1) is 0 Å². The maximum absolute atomic E-state index is 13.7. The summed E-state index contributed by atoms with van der Waals surface area (Å²) >= 11 is 0. The Morgan fingerprint density at radius 1 is 0.912 bits per heavy atom. The Morgan fingerprint density at radius 3 is 2.24 bits per heavy atom. The molecule has 170 valence electrons. The minimum Gasteiger partial charge on any atom is -0.497 e. The van der Waals surface area contributed by atoms with Crippen molar-refractivity contribution < 1.29 is 14.3 Å². The highest BCUT2D eigenvalue weighted by molar-refractivity contribution is 6.09. The summed E-state index contributed by atoms with van der Waals surface area (Å²) < 4.78 is 8.30. The van der Waals surface area contributed by atoms with Crippen LogP contribution in [0.3, 0.4) is 0 Å². The Labute approximate surface area is 195 Å². The molecule has 0 spiro atoms. The number of carbonyl (C=O) groups is 2. The first-order valence-electron chi connectivity index (χ1n) is 10.8. The van der Waals surface area contributed by atoms with Crippen molar-refractivity contribution >= 4 is 17.4 Å². The molecule has 8 nitrogen and oxygen atoms in total. The highest BCUT2D eigenvalue weighted by Crippen LogP contribution is 2.30. The number of pyridine rings is 1. The number of ether oxygens (including phenoxy) is 1. The predicted octanol–water partition coefficient (Wildman–Crippen LogP) is 3.44. The van der Waals surface area contributed by atoms with Crippen LogP contribution in [0.5, 0.6) is 5.75 Å². The molecule has 1 amide bonds. The average Bonchev–Trinajstić information content (AvgIpc) is 3.26. The molecule has 2 aromatic heterocycles. The molecule has 2 aromatic carbocycles. The van der Waals surface area contributed by atoms with Crippen LogP contribution in [-0.4, -0.2) is 39.7 Å². The fourth-order valence-corrected chi connectivity index (χ4v) is 4.23. The van der Waals surface area contributed by atoms with Gasteiger partial charge >= 0.3 is 0 Å². The van der Waals surface area contributed by atoms with Crippen LogP contribution < -0.4 is 15.2 Å². The molecule has 1 aliphatic heterocycles. The smallest absolute Gasteiger partial charge is 0.277 e. The number of anilines is 1. The Kier molecular flexibility index (Phi) is 5.33. The summed E-state index contributed by atoms with van der Waals surface area (Å²) in [6.07, 6.45) is 2.21. The highest BCUT2D eigenvalue weighted by atomic mass is 16.5. The topological polar surface area (TPSA) is 86.4 Å². The normalized spacial score (nSPS) is 13.0. The second kappa shape index (κ2) is 8.47. The van der Waals surface area contributed by atoms with Crippen molar-refractivity contribution in [1.29, 1.82) is 0 Å². The molecule has 4 aromatic rings. The van der Waals surface area contributed by atoms with Gasteiger partial charge in [0.05, 0.1) is 12.8 Å². The fourth-order valence-electron chi connectivity index (χ4n) is 4.23. The Morgan fingerprint density at radius 2 is 1.59 bits per heavy atom. The number of carbonyl (C=O) groups excluding carboxylic acids is 2. The van der Waals surface area contributed by atoms with Crippen LogP contribution in [0.4, 0.5) is 5.69 Å². The summed E-state index contributed by atoms with van der Waals surface area (Å²) in [6, 6.07) is 19.4. The van der Waals surface area contributed by atoms with Crippen LogP contribution in [0, 0.1) is 0 Å². The molecule has 5 rings (SSSR count). The number of benzene rings is 2. The van der Waals surface area contributed by atoms with Crippen LogP contribution in [0.1, 0.15) is 33.5 Å². The van der Waals surface area contributed by atoms with Gasteiger partial charge in [0.1, 0.15) is 17.1 Å². The van der Waals surface area contributed by atoms with Crippen LogP contribution in [0.2, 0.25) is 0 Å². The Hall–Kier alpha value is -4.46. The minimum atomic E-state index is -0.235. The van der Waals surface area contributed by atoms with Crippen molar-refractivity contribution in [1.82, 2.24) is 14.3 Å². The summed E-state index contributed by atoms with van der Waals surface area (Å²) in [5.41, 5.74) is 3.31. The molecule has 3 heterocycles. The fraction of sp³-hybridized carbons (Fsp3) is 0.154. The van der Waals surface area contributed by atoms with E-state index in [4.69, 9.17) is 4.74 Å². The average molecular weight is 454 g/mol. The van der Waals surface area contributed by atoms with E-state index in [-0.39, 0.29) is 17.2 Å². The number of Topliss-reactive ketones (excluding diaryl/α,β-unsaturated/α-hetero) is 1. The van der Waals surface area contributed by atoms with Gasteiger partial charge in [-0.1, -0.05) is 6.07 Å². The van der Waals surface area contributed by atoms with Crippen LogP contribution in [0.25, 0.3) is 11.4 Å². The quantitative estimate of drug-likeness (QED) is 0.431. The predicted molar refractivity (Wildman–Crippen MR) is 128 cm³/mol. The van der Waals surface area contributed by atoms with Gasteiger partial charge in [0.2, 0.25) is 0 Å². The van der Waals surface area contributed by atoms with Crippen molar-refractivity contribution in [3.05, 3.63) is 100 Å². The third-order valence-corrected chi connectivity index (χ3v) is 5.93. The molecular formula is C26H22N4O4. The number of amides is 1. The molecule has 0 unspecified atom stereocenters. The van der Waals surface area contributed by atoms with Gasteiger partial charge in [-0.3, -0.25) is 19.0 Å². The molecule has 0 saturated heterocycles. The summed E-state index contributed by atoms with van der Waals surface area (Å²) in [4.78, 5) is 39.7. The largest absolute Gasteiger partial charge is 0.497 e. The van der Waals surface area contributed by atoms with Gasteiger partial charge in [0, 0.05) is 42.7 Å². The third kappa shape index (κ3) is 3.59. The van der Waals surface area contributed by atoms with Gasteiger partial charge < -0.3 is 9.64 Å². The van der Waals surface area contributed by atoms with E-state index in [1.54, 1.807) is 66.7 Å². The lowest BCUT2D eigenvalue weighted by Crippen LogP contribution is -2.39. The van der Waals surface area contributed by atoms with E-state index < -0.39 is 0 Å². The van der Waals surface area contributed by atoms with Crippen molar-refractivity contribution in [2.45, 2.75) is 13.3 Å². The molecule has 34 heavy (non-hydrogen) atoms. The van der Waals surface area contributed by atoms with Crippen molar-refractivity contribution in [3.8, 4) is 17.1 Å². The Balaban J connectivity index is 1.53. The van der Waals surface area contributed by atoms with E-state index in [1.807, 2.05) is 12.1 Å². The summed E-state index contributed by atoms with van der Waals surface area (Å²) in [6.45, 7) is 1.88. The summed E-state index contributed by atoms with van der Waals surface area (Å²) in [5, 5.41) is 4.50. The van der Waals surface area contributed by atoms with Crippen molar-refractivity contribution in [3.63, 3.8) is 0 Å². The highest BCUT2D eigenvalue weighted by Gasteiger charge is 2.34. The SMILES string of the molecule is COc1ccc(-n2nc(C(C)=O)c3c2C(=O)N(c2ccc(-n4ccccc4=O)cc2)CC3)cc1. The van der Waals surface area contributed by atoms with Gasteiger partial charge in [-0.2, -0.15) is 5.10 Å².